The van der Waals surface area contributed by atoms with Crippen LogP contribution < -0.4 is 0 Å². The van der Waals surface area contributed by atoms with E-state index in [0.29, 0.717) is 0 Å². The fourth-order valence-corrected chi connectivity index (χ4v) is 2.16. The van der Waals surface area contributed by atoms with Gasteiger partial charge in [0.05, 0.1) is 0 Å². The van der Waals surface area contributed by atoms with Crippen LogP contribution in [0.3, 0.4) is 0 Å². The molecule has 0 bridgehead atoms. The topological polar surface area (TPSA) is 0 Å². The van der Waals surface area contributed by atoms with Gasteiger partial charge >= 0.3 is 0 Å². The molecule has 2 aliphatic rings. The standard InChI is InChI=1S/C9H14/c1-6-3-7(2)9-5-8(9)4-6/h6-7H,3-5H2,1-2H3. The molecule has 0 aliphatic heterocycles. The zero-order valence-electron chi connectivity index (χ0n) is 6.28. The summed E-state index contributed by atoms with van der Waals surface area (Å²) in [6.45, 7) is 4.75. The van der Waals surface area contributed by atoms with E-state index in [2.05, 4.69) is 13.8 Å². The fourth-order valence-electron chi connectivity index (χ4n) is 2.16. The van der Waals surface area contributed by atoms with Gasteiger partial charge in [-0.2, -0.15) is 0 Å². The summed E-state index contributed by atoms with van der Waals surface area (Å²) in [6.07, 6.45) is 4.25. The summed E-state index contributed by atoms with van der Waals surface area (Å²) in [4.78, 5) is 0. The number of hydrogen-bond acceptors (Lipinski definition) is 0. The zero-order chi connectivity index (χ0) is 6.43. The van der Waals surface area contributed by atoms with Crippen LogP contribution in [0.25, 0.3) is 0 Å². The molecule has 0 aromatic carbocycles. The van der Waals surface area contributed by atoms with Crippen LogP contribution in [0, 0.1) is 11.8 Å². The van der Waals surface area contributed by atoms with Crippen molar-refractivity contribution in [1.29, 1.82) is 0 Å². The SMILES string of the molecule is CC1CC2=C(C2)C(C)C1. The largest absolute Gasteiger partial charge is 0.0661 e. The van der Waals surface area contributed by atoms with Gasteiger partial charge in [0.15, 0.2) is 0 Å². The lowest BCUT2D eigenvalue weighted by Crippen LogP contribution is -2.04. The van der Waals surface area contributed by atoms with Crippen molar-refractivity contribution < 1.29 is 0 Å². The molecule has 0 saturated heterocycles. The Hall–Kier alpha value is -0.260. The van der Waals surface area contributed by atoms with Crippen LogP contribution in [-0.2, 0) is 0 Å². The average Bonchev–Trinajstić information content (AvgIpc) is 2.43. The predicted octanol–water partition coefficient (Wildman–Crippen LogP) is 2.75. The summed E-state index contributed by atoms with van der Waals surface area (Å²) in [7, 11) is 0. The van der Waals surface area contributed by atoms with Gasteiger partial charge in [-0.15, -0.1) is 0 Å². The maximum atomic E-state index is 2.37. The first-order valence-corrected chi connectivity index (χ1v) is 3.98. The van der Waals surface area contributed by atoms with Gasteiger partial charge in [0.25, 0.3) is 0 Å². The molecule has 0 nitrogen and oxygen atoms in total. The first-order chi connectivity index (χ1) is 4.27. The molecule has 2 rings (SSSR count). The highest BCUT2D eigenvalue weighted by molar-refractivity contribution is 5.38. The van der Waals surface area contributed by atoms with E-state index < -0.39 is 0 Å². The van der Waals surface area contributed by atoms with Crippen molar-refractivity contribution >= 4 is 0 Å². The molecule has 0 fully saturated rings. The van der Waals surface area contributed by atoms with Gasteiger partial charge in [-0.1, -0.05) is 25.0 Å². The Labute approximate surface area is 57.0 Å². The van der Waals surface area contributed by atoms with Crippen LogP contribution in [0.2, 0.25) is 0 Å². The minimum absolute atomic E-state index is 0.934. The highest BCUT2D eigenvalue weighted by Crippen LogP contribution is 2.48. The van der Waals surface area contributed by atoms with Crippen LogP contribution in [0.4, 0.5) is 0 Å². The summed E-state index contributed by atoms with van der Waals surface area (Å²) in [6, 6.07) is 0. The Morgan fingerprint density at radius 1 is 1.33 bits per heavy atom. The Bertz CT molecular complexity index is 165. The second-order valence-corrected chi connectivity index (χ2v) is 3.75. The van der Waals surface area contributed by atoms with E-state index in [9.17, 15) is 0 Å². The molecule has 0 amide bonds. The van der Waals surface area contributed by atoms with E-state index in [4.69, 9.17) is 0 Å². The molecule has 0 aromatic rings. The minimum Gasteiger partial charge on any atom is -0.0661 e. The number of hydrogen-bond donors (Lipinski definition) is 0. The molecule has 0 saturated carbocycles. The zero-order valence-corrected chi connectivity index (χ0v) is 6.28. The Morgan fingerprint density at radius 2 is 2.11 bits per heavy atom. The molecule has 9 heavy (non-hydrogen) atoms. The van der Waals surface area contributed by atoms with Gasteiger partial charge in [-0.05, 0) is 31.1 Å². The first-order valence-electron chi connectivity index (χ1n) is 3.98. The van der Waals surface area contributed by atoms with Crippen LogP contribution in [-0.4, -0.2) is 0 Å². The van der Waals surface area contributed by atoms with Crippen molar-refractivity contribution in [2.45, 2.75) is 33.1 Å². The van der Waals surface area contributed by atoms with Gasteiger partial charge < -0.3 is 0 Å². The maximum Gasteiger partial charge on any atom is -0.01000 e. The van der Waals surface area contributed by atoms with Crippen molar-refractivity contribution in [3.8, 4) is 0 Å². The molecule has 2 atom stereocenters. The Kier molecular flexibility index (Phi) is 0.992. The van der Waals surface area contributed by atoms with Crippen LogP contribution >= 0.6 is 0 Å². The van der Waals surface area contributed by atoms with Gasteiger partial charge in [0, 0.05) is 0 Å². The molecule has 0 spiro atoms. The monoisotopic (exact) mass is 122 g/mol. The van der Waals surface area contributed by atoms with E-state index in [1.54, 1.807) is 11.1 Å². The molecule has 0 N–H and O–H groups in total. The molecule has 0 heteroatoms. The first kappa shape index (κ1) is 5.52. The third kappa shape index (κ3) is 0.810. The highest BCUT2D eigenvalue weighted by Gasteiger charge is 2.32. The molecule has 50 valence electrons. The van der Waals surface area contributed by atoms with Gasteiger partial charge in [0.1, 0.15) is 0 Å². The lowest BCUT2D eigenvalue weighted by atomic mass is 9.89. The summed E-state index contributed by atoms with van der Waals surface area (Å²) in [5, 5.41) is 0. The number of rotatable bonds is 0. The van der Waals surface area contributed by atoms with Gasteiger partial charge in [0.2, 0.25) is 0 Å². The normalized spacial score (nSPS) is 40.7. The number of allylic oxidation sites excluding steroid dienone is 2. The lowest BCUT2D eigenvalue weighted by Gasteiger charge is -2.16. The summed E-state index contributed by atoms with van der Waals surface area (Å²) in [5.41, 5.74) is 3.59. The second kappa shape index (κ2) is 1.62. The van der Waals surface area contributed by atoms with Crippen LogP contribution in [0.5, 0.6) is 0 Å². The quantitative estimate of drug-likeness (QED) is 0.433. The van der Waals surface area contributed by atoms with Crippen LogP contribution in [0.1, 0.15) is 33.1 Å². The molecular weight excluding hydrogens is 108 g/mol. The minimum atomic E-state index is 0.934. The van der Waals surface area contributed by atoms with E-state index in [1.165, 1.54) is 19.3 Å². The van der Waals surface area contributed by atoms with Crippen molar-refractivity contribution in [3.05, 3.63) is 11.1 Å². The molecule has 2 unspecified atom stereocenters. The van der Waals surface area contributed by atoms with Gasteiger partial charge in [-0.3, -0.25) is 0 Å². The summed E-state index contributed by atoms with van der Waals surface area (Å²) in [5.74, 6) is 1.91. The van der Waals surface area contributed by atoms with Crippen molar-refractivity contribution in [1.82, 2.24) is 0 Å². The lowest BCUT2D eigenvalue weighted by molar-refractivity contribution is 0.448. The maximum absolute atomic E-state index is 2.37. The molecule has 0 aromatic heterocycles. The third-order valence-corrected chi connectivity index (χ3v) is 2.68. The summed E-state index contributed by atoms with van der Waals surface area (Å²) < 4.78 is 0. The molecule has 0 heterocycles. The van der Waals surface area contributed by atoms with Crippen molar-refractivity contribution in [3.63, 3.8) is 0 Å². The summed E-state index contributed by atoms with van der Waals surface area (Å²) >= 11 is 0. The Balaban J connectivity index is 2.14. The molecule has 2 aliphatic carbocycles. The van der Waals surface area contributed by atoms with E-state index in [0.717, 1.165) is 11.8 Å². The predicted molar refractivity (Wildman–Crippen MR) is 39.2 cm³/mol. The fraction of sp³-hybridized carbons (Fsp3) is 0.778. The molecular formula is C9H14. The van der Waals surface area contributed by atoms with Gasteiger partial charge in [-0.25, -0.2) is 0 Å². The van der Waals surface area contributed by atoms with Crippen molar-refractivity contribution in [2.24, 2.45) is 11.8 Å². The van der Waals surface area contributed by atoms with Crippen molar-refractivity contribution in [2.75, 3.05) is 0 Å². The molecule has 0 radical (unpaired) electrons. The Morgan fingerprint density at radius 3 is 2.78 bits per heavy atom. The average molecular weight is 122 g/mol. The van der Waals surface area contributed by atoms with E-state index in [-0.39, 0.29) is 0 Å². The smallest absolute Gasteiger partial charge is 0.01000 e. The van der Waals surface area contributed by atoms with E-state index in [1.807, 2.05) is 0 Å². The second-order valence-electron chi connectivity index (χ2n) is 3.75. The third-order valence-electron chi connectivity index (χ3n) is 2.68. The highest BCUT2D eigenvalue weighted by atomic mass is 14.4. The van der Waals surface area contributed by atoms with Crippen LogP contribution in [0.15, 0.2) is 11.1 Å². The van der Waals surface area contributed by atoms with E-state index >= 15 is 0 Å².